The summed E-state index contributed by atoms with van der Waals surface area (Å²) in [7, 11) is 0. The van der Waals surface area contributed by atoms with E-state index in [0.29, 0.717) is 17.0 Å². The first-order chi connectivity index (χ1) is 11.7. The second kappa shape index (κ2) is 6.23. The maximum Gasteiger partial charge on any atom is 0.143 e. The van der Waals surface area contributed by atoms with Crippen LogP contribution >= 0.6 is 22.9 Å². The molecule has 0 fully saturated rings. The first-order valence-corrected chi connectivity index (χ1v) is 8.74. The van der Waals surface area contributed by atoms with Crippen molar-refractivity contribution >= 4 is 45.7 Å². The Morgan fingerprint density at radius 1 is 0.875 bits per heavy atom. The van der Waals surface area contributed by atoms with E-state index in [1.165, 1.54) is 0 Å². The number of phenolic OH excluding ortho intramolecular Hbond substituents is 1. The van der Waals surface area contributed by atoms with Gasteiger partial charge in [0.05, 0.1) is 27.8 Å². The molecule has 0 spiro atoms. The molecule has 0 atom stereocenters. The van der Waals surface area contributed by atoms with E-state index in [-0.39, 0.29) is 5.75 Å². The minimum Gasteiger partial charge on any atom is -0.506 e. The van der Waals surface area contributed by atoms with Gasteiger partial charge in [0.1, 0.15) is 5.75 Å². The Bertz CT molecular complexity index is 961. The monoisotopic (exact) mass is 352 g/mol. The minimum atomic E-state index is 0.0582. The summed E-state index contributed by atoms with van der Waals surface area (Å²) in [5.41, 5.74) is 3.96. The molecule has 0 saturated heterocycles. The van der Waals surface area contributed by atoms with Crippen molar-refractivity contribution in [2.75, 3.05) is 0 Å². The Labute approximate surface area is 148 Å². The predicted molar refractivity (Wildman–Crippen MR) is 101 cm³/mol. The molecule has 0 amide bonds. The normalized spacial score (nSPS) is 13.7. The number of rotatable bonds is 2. The van der Waals surface area contributed by atoms with Crippen LogP contribution < -0.4 is 0 Å². The van der Waals surface area contributed by atoms with Gasteiger partial charge in [-0.25, -0.2) is 4.99 Å². The highest BCUT2D eigenvalue weighted by Gasteiger charge is 2.19. The van der Waals surface area contributed by atoms with Gasteiger partial charge in [0.2, 0.25) is 0 Å². The third kappa shape index (κ3) is 2.75. The fraction of sp³-hybridized carbons (Fsp3) is 0.0526. The van der Waals surface area contributed by atoms with Gasteiger partial charge < -0.3 is 5.11 Å². The Balaban J connectivity index is 1.91. The number of fused-ring (bicyclic) bond motifs is 1. The quantitative estimate of drug-likeness (QED) is 0.626. The maximum atomic E-state index is 10.4. The summed E-state index contributed by atoms with van der Waals surface area (Å²) in [5.74, 6) is 0.0582. The van der Waals surface area contributed by atoms with Crippen LogP contribution in [0.15, 0.2) is 70.0 Å². The first-order valence-electron chi connectivity index (χ1n) is 7.48. The van der Waals surface area contributed by atoms with Crippen LogP contribution in [0.3, 0.4) is 0 Å². The van der Waals surface area contributed by atoms with E-state index in [9.17, 15) is 5.11 Å². The lowest BCUT2D eigenvalue weighted by Crippen LogP contribution is -2.09. The maximum absolute atomic E-state index is 10.4. The molecular formula is C19H13ClN2OS. The van der Waals surface area contributed by atoms with Gasteiger partial charge >= 0.3 is 0 Å². The molecule has 5 heteroatoms. The van der Waals surface area contributed by atoms with Gasteiger partial charge in [-0.2, -0.15) is 0 Å². The number of nitrogens with zero attached hydrogens (tertiary/aromatic N) is 2. The molecule has 1 aliphatic rings. The minimum absolute atomic E-state index is 0.0582. The zero-order valence-electron chi connectivity index (χ0n) is 12.6. The zero-order valence-corrected chi connectivity index (χ0v) is 14.2. The van der Waals surface area contributed by atoms with Crippen LogP contribution in [-0.2, 0) is 0 Å². The molecule has 1 aromatic heterocycles. The van der Waals surface area contributed by atoms with Crippen LogP contribution in [0.4, 0.5) is 11.4 Å². The summed E-state index contributed by atoms with van der Waals surface area (Å²) in [6.07, 6.45) is 0.531. The van der Waals surface area contributed by atoms with Crippen molar-refractivity contribution < 1.29 is 5.11 Å². The lowest BCUT2D eigenvalue weighted by Gasteiger charge is -2.09. The molecule has 0 radical (unpaired) electrons. The molecule has 0 unspecified atom stereocenters. The van der Waals surface area contributed by atoms with Gasteiger partial charge in [0, 0.05) is 16.9 Å². The van der Waals surface area contributed by atoms with Crippen molar-refractivity contribution in [1.29, 1.82) is 0 Å². The molecule has 1 aliphatic heterocycles. The van der Waals surface area contributed by atoms with E-state index in [4.69, 9.17) is 21.6 Å². The van der Waals surface area contributed by atoms with Crippen molar-refractivity contribution in [2.45, 2.75) is 6.42 Å². The first kappa shape index (κ1) is 15.1. The standard InChI is InChI=1S/C19H13ClN2OS/c20-13-6-3-5-12(19(13)23)16-11-17(18-9-4-10-24-18)22-15-8-2-1-7-14(15)21-16/h1-10,23H,11H2. The molecule has 24 heavy (non-hydrogen) atoms. The molecule has 2 heterocycles. The van der Waals surface area contributed by atoms with E-state index in [2.05, 4.69) is 0 Å². The Morgan fingerprint density at radius 2 is 1.62 bits per heavy atom. The summed E-state index contributed by atoms with van der Waals surface area (Å²) in [5, 5.41) is 12.7. The highest BCUT2D eigenvalue weighted by Crippen LogP contribution is 2.36. The molecular weight excluding hydrogens is 340 g/mol. The van der Waals surface area contributed by atoms with E-state index in [0.717, 1.165) is 27.7 Å². The number of hydrogen-bond acceptors (Lipinski definition) is 4. The largest absolute Gasteiger partial charge is 0.506 e. The molecule has 118 valence electrons. The predicted octanol–water partition coefficient (Wildman–Crippen LogP) is 5.75. The second-order valence-corrected chi connectivity index (χ2v) is 6.75. The number of benzene rings is 2. The Kier molecular flexibility index (Phi) is 3.92. The van der Waals surface area contributed by atoms with Gasteiger partial charge in [-0.1, -0.05) is 35.9 Å². The Morgan fingerprint density at radius 3 is 2.33 bits per heavy atom. The zero-order chi connectivity index (χ0) is 16.5. The highest BCUT2D eigenvalue weighted by atomic mass is 35.5. The van der Waals surface area contributed by atoms with Gasteiger partial charge in [-0.3, -0.25) is 4.99 Å². The molecule has 4 rings (SSSR count). The van der Waals surface area contributed by atoms with Gasteiger partial charge in [-0.05, 0) is 35.7 Å². The number of hydrogen-bond donors (Lipinski definition) is 1. The summed E-state index contributed by atoms with van der Waals surface area (Å²) in [6, 6.07) is 17.1. The number of thiophene rings is 1. The lowest BCUT2D eigenvalue weighted by molar-refractivity contribution is 0.474. The fourth-order valence-electron chi connectivity index (χ4n) is 2.67. The van der Waals surface area contributed by atoms with Crippen LogP contribution in [0.1, 0.15) is 16.9 Å². The molecule has 0 bridgehead atoms. The molecule has 3 aromatic rings. The summed E-state index contributed by atoms with van der Waals surface area (Å²) in [6.45, 7) is 0. The Hall–Kier alpha value is -2.43. The van der Waals surface area contributed by atoms with Gasteiger partial charge in [-0.15, -0.1) is 11.3 Å². The van der Waals surface area contributed by atoms with E-state index in [1.807, 2.05) is 53.9 Å². The third-order valence-electron chi connectivity index (χ3n) is 3.83. The van der Waals surface area contributed by atoms with Crippen LogP contribution in [0.5, 0.6) is 5.75 Å². The van der Waals surface area contributed by atoms with E-state index in [1.54, 1.807) is 17.4 Å². The smallest absolute Gasteiger partial charge is 0.143 e. The topological polar surface area (TPSA) is 45.0 Å². The second-order valence-electron chi connectivity index (χ2n) is 5.40. The van der Waals surface area contributed by atoms with E-state index < -0.39 is 0 Å². The van der Waals surface area contributed by atoms with Crippen molar-refractivity contribution in [3.8, 4) is 5.75 Å². The van der Waals surface area contributed by atoms with Crippen LogP contribution in [-0.4, -0.2) is 16.5 Å². The van der Waals surface area contributed by atoms with Crippen LogP contribution in [0.2, 0.25) is 5.02 Å². The van der Waals surface area contributed by atoms with Crippen molar-refractivity contribution in [3.63, 3.8) is 0 Å². The summed E-state index contributed by atoms with van der Waals surface area (Å²) >= 11 is 7.72. The molecule has 0 aliphatic carbocycles. The van der Waals surface area contributed by atoms with Gasteiger partial charge in [0.15, 0.2) is 0 Å². The SMILES string of the molecule is Oc1c(Cl)cccc1C1=Nc2ccccc2N=C(c2cccs2)C1. The van der Waals surface area contributed by atoms with Crippen LogP contribution in [0, 0.1) is 0 Å². The van der Waals surface area contributed by atoms with E-state index >= 15 is 0 Å². The number of aliphatic imine (C=N–C) groups is 2. The summed E-state index contributed by atoms with van der Waals surface area (Å²) in [4.78, 5) is 10.7. The van der Waals surface area contributed by atoms with Crippen molar-refractivity contribution in [1.82, 2.24) is 0 Å². The molecule has 0 saturated carbocycles. The summed E-state index contributed by atoms with van der Waals surface area (Å²) < 4.78 is 0. The third-order valence-corrected chi connectivity index (χ3v) is 5.05. The number of phenols is 1. The van der Waals surface area contributed by atoms with Gasteiger partial charge in [0.25, 0.3) is 0 Å². The molecule has 1 N–H and O–H groups in total. The number of para-hydroxylation sites is 3. The fourth-order valence-corrected chi connectivity index (χ4v) is 3.56. The van der Waals surface area contributed by atoms with Crippen molar-refractivity contribution in [3.05, 3.63) is 75.4 Å². The average molecular weight is 353 g/mol. The number of aromatic hydroxyl groups is 1. The van der Waals surface area contributed by atoms with Crippen molar-refractivity contribution in [2.24, 2.45) is 9.98 Å². The number of halogens is 1. The lowest BCUT2D eigenvalue weighted by atomic mass is 10.0. The molecule has 3 nitrogen and oxygen atoms in total. The highest BCUT2D eigenvalue weighted by molar-refractivity contribution is 7.12. The average Bonchev–Trinajstić information content (AvgIpc) is 3.05. The van der Waals surface area contributed by atoms with Crippen LogP contribution in [0.25, 0.3) is 0 Å². The molecule has 2 aromatic carbocycles.